The summed E-state index contributed by atoms with van der Waals surface area (Å²) in [6, 6.07) is 9.31. The maximum absolute atomic E-state index is 11.9. The van der Waals surface area contributed by atoms with Crippen molar-refractivity contribution < 1.29 is 9.21 Å². The molecule has 0 atom stereocenters. The van der Waals surface area contributed by atoms with Crippen molar-refractivity contribution in [3.8, 4) is 0 Å². The Morgan fingerprint density at radius 1 is 1.37 bits per heavy atom. The lowest BCUT2D eigenvalue weighted by atomic mass is 10.3. The van der Waals surface area contributed by atoms with Gasteiger partial charge < -0.3 is 9.73 Å². The van der Waals surface area contributed by atoms with E-state index in [4.69, 9.17) is 4.42 Å². The first kappa shape index (κ1) is 11.9. The van der Waals surface area contributed by atoms with Crippen LogP contribution in [0, 0.1) is 0 Å². The Kier molecular flexibility index (Phi) is 3.29. The second kappa shape index (κ2) is 5.24. The molecule has 1 N–H and O–H groups in total. The van der Waals surface area contributed by atoms with Crippen molar-refractivity contribution in [2.24, 2.45) is 0 Å². The average molecular weight is 272 g/mol. The standard InChI is InChI=1S/C14H12N2O2S/c17-14(16-7-5-10-3-2-8-19-10)13-9-11-12(18-13)4-1-6-15-11/h1-4,6,8-9H,5,7H2,(H,16,17). The second-order valence-corrected chi connectivity index (χ2v) is 5.11. The molecule has 0 spiro atoms. The molecular formula is C14H12N2O2S. The summed E-state index contributed by atoms with van der Waals surface area (Å²) in [5, 5.41) is 4.87. The van der Waals surface area contributed by atoms with Crippen molar-refractivity contribution >= 4 is 28.3 Å². The summed E-state index contributed by atoms with van der Waals surface area (Å²) in [6.45, 7) is 0.601. The topological polar surface area (TPSA) is 55.1 Å². The number of nitrogens with zero attached hydrogens (tertiary/aromatic N) is 1. The normalized spacial score (nSPS) is 10.7. The zero-order valence-electron chi connectivity index (χ0n) is 10.1. The lowest BCUT2D eigenvalue weighted by Crippen LogP contribution is -2.24. The third-order valence-corrected chi connectivity index (χ3v) is 3.68. The smallest absolute Gasteiger partial charge is 0.287 e. The van der Waals surface area contributed by atoms with E-state index in [1.165, 1.54) is 4.88 Å². The number of hydrogen-bond donors (Lipinski definition) is 1. The molecule has 0 unspecified atom stereocenters. The van der Waals surface area contributed by atoms with Gasteiger partial charge in [-0.1, -0.05) is 6.07 Å². The second-order valence-electron chi connectivity index (χ2n) is 4.08. The van der Waals surface area contributed by atoms with E-state index >= 15 is 0 Å². The number of nitrogens with one attached hydrogen (secondary N) is 1. The number of rotatable bonds is 4. The Morgan fingerprint density at radius 2 is 2.32 bits per heavy atom. The number of aromatic nitrogens is 1. The van der Waals surface area contributed by atoms with Gasteiger partial charge in [-0.3, -0.25) is 9.78 Å². The van der Waals surface area contributed by atoms with E-state index in [-0.39, 0.29) is 5.91 Å². The van der Waals surface area contributed by atoms with Crippen LogP contribution in [0.25, 0.3) is 11.1 Å². The number of fused-ring (bicyclic) bond motifs is 1. The summed E-state index contributed by atoms with van der Waals surface area (Å²) < 4.78 is 5.45. The molecule has 0 fully saturated rings. The molecule has 19 heavy (non-hydrogen) atoms. The van der Waals surface area contributed by atoms with E-state index in [0.29, 0.717) is 23.4 Å². The maximum atomic E-state index is 11.9. The minimum absolute atomic E-state index is 0.199. The first-order valence-corrected chi connectivity index (χ1v) is 6.86. The molecule has 0 saturated heterocycles. The van der Waals surface area contributed by atoms with E-state index < -0.39 is 0 Å². The van der Waals surface area contributed by atoms with Crippen LogP contribution in [0.2, 0.25) is 0 Å². The molecule has 0 aliphatic rings. The minimum atomic E-state index is -0.199. The maximum Gasteiger partial charge on any atom is 0.287 e. The van der Waals surface area contributed by atoms with Crippen LogP contribution in [0.5, 0.6) is 0 Å². The van der Waals surface area contributed by atoms with Gasteiger partial charge in [0.2, 0.25) is 0 Å². The number of carbonyl (C=O) groups is 1. The molecule has 3 heterocycles. The SMILES string of the molecule is O=C(NCCc1cccs1)c1cc2ncccc2o1. The summed E-state index contributed by atoms with van der Waals surface area (Å²) in [7, 11) is 0. The fourth-order valence-electron chi connectivity index (χ4n) is 1.82. The van der Waals surface area contributed by atoms with Gasteiger partial charge in [0.05, 0.1) is 0 Å². The summed E-state index contributed by atoms with van der Waals surface area (Å²) in [4.78, 5) is 17.3. The molecule has 0 aliphatic heterocycles. The summed E-state index contributed by atoms with van der Waals surface area (Å²) >= 11 is 1.69. The molecule has 0 aromatic carbocycles. The highest BCUT2D eigenvalue weighted by Crippen LogP contribution is 2.16. The van der Waals surface area contributed by atoms with Gasteiger partial charge in [-0.15, -0.1) is 11.3 Å². The molecule has 3 aromatic heterocycles. The Morgan fingerprint density at radius 3 is 3.11 bits per heavy atom. The zero-order chi connectivity index (χ0) is 13.1. The predicted molar refractivity (Wildman–Crippen MR) is 74.4 cm³/mol. The third-order valence-electron chi connectivity index (χ3n) is 2.75. The minimum Gasteiger partial charge on any atom is -0.449 e. The lowest BCUT2D eigenvalue weighted by molar-refractivity contribution is 0.0928. The van der Waals surface area contributed by atoms with E-state index in [9.17, 15) is 4.79 Å². The van der Waals surface area contributed by atoms with Crippen LogP contribution < -0.4 is 5.32 Å². The van der Waals surface area contributed by atoms with Crippen LogP contribution in [0.3, 0.4) is 0 Å². The summed E-state index contributed by atoms with van der Waals surface area (Å²) in [5.41, 5.74) is 1.33. The monoisotopic (exact) mass is 272 g/mol. The quantitative estimate of drug-likeness (QED) is 0.794. The van der Waals surface area contributed by atoms with Crippen molar-refractivity contribution in [3.05, 3.63) is 52.5 Å². The van der Waals surface area contributed by atoms with Gasteiger partial charge in [-0.2, -0.15) is 0 Å². The number of furan rings is 1. The molecule has 1 amide bonds. The van der Waals surface area contributed by atoms with Crippen LogP contribution in [-0.4, -0.2) is 17.4 Å². The van der Waals surface area contributed by atoms with Crippen molar-refractivity contribution in [1.29, 1.82) is 0 Å². The Bertz CT molecular complexity index is 655. The molecule has 0 aliphatic carbocycles. The van der Waals surface area contributed by atoms with Gasteiger partial charge in [-0.05, 0) is 30.0 Å². The van der Waals surface area contributed by atoms with E-state index in [1.807, 2.05) is 11.4 Å². The van der Waals surface area contributed by atoms with Crippen molar-refractivity contribution in [2.45, 2.75) is 6.42 Å². The third kappa shape index (κ3) is 2.66. The Labute approximate surface area is 114 Å². The number of hydrogen-bond acceptors (Lipinski definition) is 4. The van der Waals surface area contributed by atoms with Crippen LogP contribution in [0.4, 0.5) is 0 Å². The van der Waals surface area contributed by atoms with Crippen molar-refractivity contribution in [3.63, 3.8) is 0 Å². The molecular weight excluding hydrogens is 260 g/mol. The first-order valence-electron chi connectivity index (χ1n) is 5.98. The first-order chi connectivity index (χ1) is 9.33. The average Bonchev–Trinajstić information content (AvgIpc) is 3.07. The molecule has 0 saturated carbocycles. The van der Waals surface area contributed by atoms with Gasteiger partial charge in [0.15, 0.2) is 11.3 Å². The van der Waals surface area contributed by atoms with E-state index in [1.54, 1.807) is 35.7 Å². The van der Waals surface area contributed by atoms with Crippen LogP contribution in [0.1, 0.15) is 15.4 Å². The number of carbonyl (C=O) groups excluding carboxylic acids is 1. The van der Waals surface area contributed by atoms with Crippen LogP contribution in [0.15, 0.2) is 46.3 Å². The zero-order valence-corrected chi connectivity index (χ0v) is 10.9. The van der Waals surface area contributed by atoms with Gasteiger partial charge in [0.25, 0.3) is 5.91 Å². The number of thiophene rings is 1. The molecule has 4 nitrogen and oxygen atoms in total. The summed E-state index contributed by atoms with van der Waals surface area (Å²) in [5.74, 6) is 0.106. The highest BCUT2D eigenvalue weighted by atomic mass is 32.1. The van der Waals surface area contributed by atoms with Gasteiger partial charge in [0, 0.05) is 23.7 Å². The number of pyridine rings is 1. The lowest BCUT2D eigenvalue weighted by Gasteiger charge is -2.00. The fourth-order valence-corrected chi connectivity index (χ4v) is 2.53. The molecule has 3 rings (SSSR count). The molecule has 3 aromatic rings. The summed E-state index contributed by atoms with van der Waals surface area (Å²) in [6.07, 6.45) is 2.51. The molecule has 5 heteroatoms. The van der Waals surface area contributed by atoms with E-state index in [0.717, 1.165) is 6.42 Å². The Hall–Kier alpha value is -2.14. The molecule has 0 radical (unpaired) electrons. The van der Waals surface area contributed by atoms with E-state index in [2.05, 4.69) is 16.4 Å². The number of amides is 1. The highest BCUT2D eigenvalue weighted by molar-refractivity contribution is 7.09. The largest absolute Gasteiger partial charge is 0.449 e. The van der Waals surface area contributed by atoms with Gasteiger partial charge >= 0.3 is 0 Å². The van der Waals surface area contributed by atoms with Crippen LogP contribution in [-0.2, 0) is 6.42 Å². The van der Waals surface area contributed by atoms with Crippen molar-refractivity contribution in [2.75, 3.05) is 6.54 Å². The fraction of sp³-hybridized carbons (Fsp3) is 0.143. The van der Waals surface area contributed by atoms with Gasteiger partial charge in [0.1, 0.15) is 5.52 Å². The van der Waals surface area contributed by atoms with Crippen LogP contribution >= 0.6 is 11.3 Å². The highest BCUT2D eigenvalue weighted by Gasteiger charge is 2.11. The predicted octanol–water partition coefficient (Wildman–Crippen LogP) is 2.86. The Balaban J connectivity index is 1.63. The van der Waals surface area contributed by atoms with Crippen molar-refractivity contribution in [1.82, 2.24) is 10.3 Å². The molecule has 96 valence electrons. The van der Waals surface area contributed by atoms with Gasteiger partial charge in [-0.25, -0.2) is 0 Å². The molecule has 0 bridgehead atoms.